The molecule has 0 bridgehead atoms. The highest BCUT2D eigenvalue weighted by Gasteiger charge is 2.17. The molecule has 2 amide bonds. The Hall–Kier alpha value is -2.61. The van der Waals surface area contributed by atoms with Gasteiger partial charge < -0.3 is 9.47 Å². The Labute approximate surface area is 171 Å². The van der Waals surface area contributed by atoms with E-state index in [1.54, 1.807) is 24.3 Å². The number of amides is 2. The number of carbonyl (C=O) groups is 2. The molecule has 0 aliphatic heterocycles. The van der Waals surface area contributed by atoms with Crippen LogP contribution in [0.3, 0.4) is 0 Å². The average molecular weight is 419 g/mol. The highest BCUT2D eigenvalue weighted by atomic mass is 35.5. The zero-order chi connectivity index (χ0) is 19.9. The molecule has 0 aliphatic carbocycles. The van der Waals surface area contributed by atoms with Crippen LogP contribution >= 0.6 is 22.9 Å². The molecule has 0 radical (unpaired) electrons. The predicted molar refractivity (Wildman–Crippen MR) is 110 cm³/mol. The summed E-state index contributed by atoms with van der Waals surface area (Å²) in [6, 6.07) is 14.1. The average Bonchev–Trinajstić information content (AvgIpc) is 3.06. The molecule has 0 fully saturated rings. The van der Waals surface area contributed by atoms with E-state index >= 15 is 0 Å². The number of hydrogen-bond acceptors (Lipinski definition) is 5. The lowest BCUT2D eigenvalue weighted by molar-refractivity contribution is 0.0849. The summed E-state index contributed by atoms with van der Waals surface area (Å²) >= 11 is 7.55. The summed E-state index contributed by atoms with van der Waals surface area (Å²) in [7, 11) is 0. The van der Waals surface area contributed by atoms with E-state index in [1.165, 1.54) is 11.3 Å². The molecule has 2 N–H and O–H groups in total. The van der Waals surface area contributed by atoms with Crippen LogP contribution in [0.15, 0.2) is 48.5 Å². The molecule has 146 valence electrons. The van der Waals surface area contributed by atoms with Crippen LogP contribution in [0, 0.1) is 0 Å². The fourth-order valence-electron chi connectivity index (χ4n) is 2.47. The summed E-state index contributed by atoms with van der Waals surface area (Å²) in [4.78, 5) is 24.9. The molecule has 6 nitrogen and oxygen atoms in total. The van der Waals surface area contributed by atoms with Crippen molar-refractivity contribution < 1.29 is 19.1 Å². The maximum atomic E-state index is 12.4. The summed E-state index contributed by atoms with van der Waals surface area (Å²) < 4.78 is 11.6. The van der Waals surface area contributed by atoms with E-state index in [0.717, 1.165) is 10.1 Å². The van der Waals surface area contributed by atoms with Gasteiger partial charge in [0.2, 0.25) is 0 Å². The highest BCUT2D eigenvalue weighted by Crippen LogP contribution is 2.34. The van der Waals surface area contributed by atoms with Crippen molar-refractivity contribution in [2.75, 3.05) is 19.8 Å². The lowest BCUT2D eigenvalue weighted by Crippen LogP contribution is -2.41. The minimum absolute atomic E-state index is 0.348. The smallest absolute Gasteiger partial charge is 0.281 e. The van der Waals surface area contributed by atoms with Gasteiger partial charge in [-0.25, -0.2) is 0 Å². The number of hydrazine groups is 1. The fourth-order valence-corrected chi connectivity index (χ4v) is 3.88. The Kier molecular flexibility index (Phi) is 6.86. The summed E-state index contributed by atoms with van der Waals surface area (Å²) in [5.41, 5.74) is 5.19. The minimum atomic E-state index is -0.463. The van der Waals surface area contributed by atoms with Crippen LogP contribution < -0.4 is 15.6 Å². The van der Waals surface area contributed by atoms with Gasteiger partial charge in [-0.1, -0.05) is 29.8 Å². The number of rotatable bonds is 7. The number of hydrogen-bond donors (Lipinski definition) is 2. The van der Waals surface area contributed by atoms with Gasteiger partial charge in [0.15, 0.2) is 0 Å². The SMILES string of the molecule is CCOCCOc1ccc(C(=O)NNC(=O)c2sc3ccccc3c2Cl)cc1. The van der Waals surface area contributed by atoms with Crippen molar-refractivity contribution in [2.45, 2.75) is 6.92 Å². The normalized spacial score (nSPS) is 10.6. The van der Waals surface area contributed by atoms with Crippen LogP contribution in [0.1, 0.15) is 27.0 Å². The molecule has 2 aromatic carbocycles. The second-order valence-corrected chi connectivity index (χ2v) is 7.15. The second-order valence-electron chi connectivity index (χ2n) is 5.72. The lowest BCUT2D eigenvalue weighted by Gasteiger charge is -2.08. The summed E-state index contributed by atoms with van der Waals surface area (Å²) in [5.74, 6) is -0.265. The molecule has 0 atom stereocenters. The van der Waals surface area contributed by atoms with Crippen LogP contribution in [0.2, 0.25) is 5.02 Å². The van der Waals surface area contributed by atoms with Crippen LogP contribution in [0.5, 0.6) is 5.75 Å². The Morgan fingerprint density at radius 3 is 2.43 bits per heavy atom. The Balaban J connectivity index is 1.55. The third kappa shape index (κ3) is 4.81. The molecule has 0 unspecified atom stereocenters. The Morgan fingerprint density at radius 2 is 1.71 bits per heavy atom. The quantitative estimate of drug-likeness (QED) is 0.448. The standard InChI is InChI=1S/C20H19ClN2O4S/c1-2-26-11-12-27-14-9-7-13(8-10-14)19(24)22-23-20(25)18-17(21)15-5-3-4-6-16(15)28-18/h3-10H,2,11-12H2,1H3,(H,22,24)(H,23,25). The Morgan fingerprint density at radius 1 is 1.00 bits per heavy atom. The van der Waals surface area contributed by atoms with E-state index in [1.807, 2.05) is 31.2 Å². The molecule has 1 heterocycles. The van der Waals surface area contributed by atoms with Gasteiger partial charge in [0.05, 0.1) is 11.6 Å². The first-order valence-electron chi connectivity index (χ1n) is 8.68. The molecule has 0 spiro atoms. The summed E-state index contributed by atoms with van der Waals surface area (Å²) in [5, 5.41) is 1.19. The van der Waals surface area contributed by atoms with Crippen molar-refractivity contribution in [2.24, 2.45) is 0 Å². The topological polar surface area (TPSA) is 76.7 Å². The summed E-state index contributed by atoms with van der Waals surface area (Å²) in [6.45, 7) is 3.50. The van der Waals surface area contributed by atoms with Crippen molar-refractivity contribution in [3.63, 3.8) is 0 Å². The third-order valence-corrected chi connectivity index (χ3v) is 5.52. The van der Waals surface area contributed by atoms with E-state index < -0.39 is 11.8 Å². The third-order valence-electron chi connectivity index (χ3n) is 3.85. The number of nitrogens with one attached hydrogen (secondary N) is 2. The maximum absolute atomic E-state index is 12.4. The van der Waals surface area contributed by atoms with Crippen LogP contribution in [-0.2, 0) is 4.74 Å². The minimum Gasteiger partial charge on any atom is -0.491 e. The molecule has 3 aromatic rings. The molecule has 0 saturated carbocycles. The van der Waals surface area contributed by atoms with E-state index in [9.17, 15) is 9.59 Å². The molecule has 3 rings (SSSR count). The predicted octanol–water partition coefficient (Wildman–Crippen LogP) is 4.04. The van der Waals surface area contributed by atoms with Gasteiger partial charge in [0.1, 0.15) is 17.2 Å². The van der Waals surface area contributed by atoms with Gasteiger partial charge in [-0.2, -0.15) is 0 Å². The van der Waals surface area contributed by atoms with Crippen LogP contribution in [0.4, 0.5) is 0 Å². The molecule has 0 aliphatic rings. The number of carbonyl (C=O) groups excluding carboxylic acids is 2. The van der Waals surface area contributed by atoms with Crippen molar-refractivity contribution >= 4 is 44.8 Å². The zero-order valence-electron chi connectivity index (χ0n) is 15.2. The molecule has 8 heteroatoms. The van der Waals surface area contributed by atoms with Gasteiger partial charge in [-0.15, -0.1) is 11.3 Å². The number of thiophene rings is 1. The number of benzene rings is 2. The van der Waals surface area contributed by atoms with Crippen molar-refractivity contribution in [1.82, 2.24) is 10.9 Å². The van der Waals surface area contributed by atoms with Crippen LogP contribution in [0.25, 0.3) is 10.1 Å². The number of fused-ring (bicyclic) bond motifs is 1. The van der Waals surface area contributed by atoms with Crippen LogP contribution in [-0.4, -0.2) is 31.6 Å². The molecule has 0 saturated heterocycles. The van der Waals surface area contributed by atoms with E-state index in [0.29, 0.717) is 41.0 Å². The lowest BCUT2D eigenvalue weighted by atomic mass is 10.2. The van der Waals surface area contributed by atoms with E-state index in [4.69, 9.17) is 21.1 Å². The summed E-state index contributed by atoms with van der Waals surface area (Å²) in [6.07, 6.45) is 0. The van der Waals surface area contributed by atoms with Gasteiger partial charge in [0.25, 0.3) is 11.8 Å². The number of halogens is 1. The molecule has 28 heavy (non-hydrogen) atoms. The molecule has 1 aromatic heterocycles. The van der Waals surface area contributed by atoms with Gasteiger partial charge in [-0.3, -0.25) is 20.4 Å². The highest BCUT2D eigenvalue weighted by molar-refractivity contribution is 7.21. The maximum Gasteiger partial charge on any atom is 0.281 e. The first-order chi connectivity index (χ1) is 13.6. The van der Waals surface area contributed by atoms with Gasteiger partial charge in [-0.05, 0) is 37.3 Å². The fraction of sp³-hybridized carbons (Fsp3) is 0.200. The van der Waals surface area contributed by atoms with Gasteiger partial charge >= 0.3 is 0 Å². The second kappa shape index (κ2) is 9.54. The molecular formula is C20H19ClN2O4S. The first-order valence-corrected chi connectivity index (χ1v) is 9.88. The first kappa shape index (κ1) is 20.1. The van der Waals surface area contributed by atoms with E-state index in [2.05, 4.69) is 10.9 Å². The monoisotopic (exact) mass is 418 g/mol. The molecular weight excluding hydrogens is 400 g/mol. The zero-order valence-corrected chi connectivity index (χ0v) is 16.7. The van der Waals surface area contributed by atoms with Crippen molar-refractivity contribution in [1.29, 1.82) is 0 Å². The van der Waals surface area contributed by atoms with Gasteiger partial charge in [0, 0.05) is 22.3 Å². The Bertz CT molecular complexity index is 972. The van der Waals surface area contributed by atoms with E-state index in [-0.39, 0.29) is 0 Å². The largest absolute Gasteiger partial charge is 0.491 e. The van der Waals surface area contributed by atoms with Crippen molar-refractivity contribution in [3.05, 3.63) is 64.0 Å². The number of ether oxygens (including phenoxy) is 2. The van der Waals surface area contributed by atoms with Crippen molar-refractivity contribution in [3.8, 4) is 5.75 Å².